The molecule has 0 radical (unpaired) electrons. The van der Waals surface area contributed by atoms with Crippen molar-refractivity contribution in [3.05, 3.63) is 35.4 Å². The quantitative estimate of drug-likeness (QED) is 0.868. The summed E-state index contributed by atoms with van der Waals surface area (Å²) >= 11 is 5.17. The van der Waals surface area contributed by atoms with Crippen molar-refractivity contribution in [2.45, 2.75) is 44.4 Å². The predicted molar refractivity (Wildman–Crippen MR) is 84.7 cm³/mol. The van der Waals surface area contributed by atoms with Crippen LogP contribution in [0.3, 0.4) is 0 Å². The lowest BCUT2D eigenvalue weighted by atomic mass is 9.89. The molecule has 108 valence electrons. The molecule has 3 rings (SSSR count). The molecule has 1 aliphatic heterocycles. The zero-order valence-electron chi connectivity index (χ0n) is 11.8. The first-order valence-electron chi connectivity index (χ1n) is 7.49. The number of nitrogens with two attached hydrogens (primary N) is 1. The summed E-state index contributed by atoms with van der Waals surface area (Å²) in [7, 11) is 0. The lowest BCUT2D eigenvalue weighted by Gasteiger charge is -2.44. The zero-order valence-corrected chi connectivity index (χ0v) is 12.6. The molecule has 1 heterocycles. The molecule has 1 saturated carbocycles. The van der Waals surface area contributed by atoms with Gasteiger partial charge in [-0.1, -0.05) is 49.3 Å². The minimum atomic E-state index is 0.425. The summed E-state index contributed by atoms with van der Waals surface area (Å²) in [5, 5.41) is 0. The molecule has 4 heteroatoms. The highest BCUT2D eigenvalue weighted by Gasteiger charge is 2.34. The molecule has 2 N–H and O–H groups in total. The summed E-state index contributed by atoms with van der Waals surface area (Å²) in [6.45, 7) is 2.78. The van der Waals surface area contributed by atoms with Crippen molar-refractivity contribution < 1.29 is 4.74 Å². The first-order valence-corrected chi connectivity index (χ1v) is 7.90. The summed E-state index contributed by atoms with van der Waals surface area (Å²) < 4.78 is 5.94. The average molecular weight is 290 g/mol. The largest absolute Gasteiger partial charge is 0.389 e. The van der Waals surface area contributed by atoms with Crippen LogP contribution < -0.4 is 5.73 Å². The monoisotopic (exact) mass is 290 g/mol. The Bertz CT molecular complexity index is 489. The smallest absolute Gasteiger partial charge is 0.104 e. The van der Waals surface area contributed by atoms with Gasteiger partial charge in [-0.05, 0) is 18.4 Å². The van der Waals surface area contributed by atoms with Gasteiger partial charge in [0, 0.05) is 24.7 Å². The van der Waals surface area contributed by atoms with E-state index in [1.807, 2.05) is 12.1 Å². The second-order valence-corrected chi connectivity index (χ2v) is 6.19. The molecule has 0 bridgehead atoms. The van der Waals surface area contributed by atoms with Crippen LogP contribution in [0.1, 0.15) is 36.8 Å². The van der Waals surface area contributed by atoms with Gasteiger partial charge in [0.05, 0.1) is 12.7 Å². The van der Waals surface area contributed by atoms with Crippen LogP contribution in [0.15, 0.2) is 24.3 Å². The van der Waals surface area contributed by atoms with Crippen LogP contribution in [-0.4, -0.2) is 35.2 Å². The van der Waals surface area contributed by atoms with Gasteiger partial charge in [0.1, 0.15) is 4.99 Å². The van der Waals surface area contributed by atoms with Crippen molar-refractivity contribution in [2.24, 2.45) is 5.73 Å². The maximum Gasteiger partial charge on any atom is 0.104 e. The molecule has 1 aliphatic carbocycles. The maximum absolute atomic E-state index is 5.94. The van der Waals surface area contributed by atoms with Crippen LogP contribution in [0.2, 0.25) is 0 Å². The fourth-order valence-corrected chi connectivity index (χ4v) is 3.69. The normalized spacial score (nSPS) is 27.0. The van der Waals surface area contributed by atoms with Crippen LogP contribution in [0.4, 0.5) is 0 Å². The van der Waals surface area contributed by atoms with Gasteiger partial charge in [0.25, 0.3) is 0 Å². The van der Waals surface area contributed by atoms with Gasteiger partial charge >= 0.3 is 0 Å². The summed E-state index contributed by atoms with van der Waals surface area (Å²) in [6.07, 6.45) is 5.50. The van der Waals surface area contributed by atoms with Gasteiger partial charge in [0.15, 0.2) is 0 Å². The molecule has 0 amide bonds. The van der Waals surface area contributed by atoms with E-state index in [-0.39, 0.29) is 0 Å². The first-order chi connectivity index (χ1) is 9.75. The summed E-state index contributed by atoms with van der Waals surface area (Å²) in [5.74, 6) is 0. The molecule has 0 spiro atoms. The van der Waals surface area contributed by atoms with E-state index in [1.54, 1.807) is 0 Å². The molecule has 2 atom stereocenters. The minimum Gasteiger partial charge on any atom is -0.389 e. The molecule has 3 nitrogen and oxygen atoms in total. The highest BCUT2D eigenvalue weighted by Crippen LogP contribution is 2.29. The third-order valence-electron chi connectivity index (χ3n) is 4.50. The fraction of sp³-hybridized carbons (Fsp3) is 0.562. The van der Waals surface area contributed by atoms with Gasteiger partial charge in [-0.3, -0.25) is 4.90 Å². The number of rotatable bonds is 3. The van der Waals surface area contributed by atoms with Crippen molar-refractivity contribution in [3.8, 4) is 0 Å². The molecule has 1 saturated heterocycles. The van der Waals surface area contributed by atoms with E-state index in [4.69, 9.17) is 22.7 Å². The lowest BCUT2D eigenvalue weighted by Crippen LogP contribution is -2.52. The highest BCUT2D eigenvalue weighted by molar-refractivity contribution is 7.80. The van der Waals surface area contributed by atoms with Crippen LogP contribution in [-0.2, 0) is 11.3 Å². The minimum absolute atomic E-state index is 0.425. The van der Waals surface area contributed by atoms with Crippen LogP contribution in [0.5, 0.6) is 0 Å². The molecular weight excluding hydrogens is 268 g/mol. The second kappa shape index (κ2) is 6.20. The summed E-state index contributed by atoms with van der Waals surface area (Å²) in [5.41, 5.74) is 8.10. The number of hydrogen-bond donors (Lipinski definition) is 1. The van der Waals surface area contributed by atoms with Crippen molar-refractivity contribution in [2.75, 3.05) is 13.2 Å². The molecular formula is C16H22N2OS. The second-order valence-electron chi connectivity index (χ2n) is 5.75. The molecule has 1 aromatic carbocycles. The Labute approximate surface area is 126 Å². The number of fused-ring (bicyclic) bond motifs is 1. The SMILES string of the molecule is NC(=S)c1ccccc1CN1CCOC2CCCCC21. The van der Waals surface area contributed by atoms with Crippen molar-refractivity contribution in [1.29, 1.82) is 0 Å². The van der Waals surface area contributed by atoms with Gasteiger partial charge in [-0.25, -0.2) is 0 Å². The highest BCUT2D eigenvalue weighted by atomic mass is 32.1. The van der Waals surface area contributed by atoms with Gasteiger partial charge in [-0.15, -0.1) is 0 Å². The fourth-order valence-electron chi connectivity index (χ4n) is 3.49. The number of ether oxygens (including phenoxy) is 1. The van der Waals surface area contributed by atoms with E-state index in [0.717, 1.165) is 25.3 Å². The Morgan fingerprint density at radius 1 is 1.30 bits per heavy atom. The first kappa shape index (κ1) is 14.0. The van der Waals surface area contributed by atoms with Gasteiger partial charge in [-0.2, -0.15) is 0 Å². The van der Waals surface area contributed by atoms with Crippen molar-refractivity contribution in [3.63, 3.8) is 0 Å². The third kappa shape index (κ3) is 2.87. The number of nitrogens with zero attached hydrogens (tertiary/aromatic N) is 1. The number of morpholine rings is 1. The topological polar surface area (TPSA) is 38.5 Å². The van der Waals surface area contributed by atoms with Gasteiger partial charge < -0.3 is 10.5 Å². The van der Waals surface area contributed by atoms with Crippen molar-refractivity contribution in [1.82, 2.24) is 4.90 Å². The predicted octanol–water partition coefficient (Wildman–Crippen LogP) is 2.46. The standard InChI is InChI=1S/C16H22N2OS/c17-16(20)13-6-2-1-5-12(13)11-18-9-10-19-15-8-4-3-7-14(15)18/h1-2,5-6,14-15H,3-4,7-11H2,(H2,17,20). The summed E-state index contributed by atoms with van der Waals surface area (Å²) in [6, 6.07) is 8.80. The molecule has 0 aromatic heterocycles. The van der Waals surface area contributed by atoms with E-state index < -0.39 is 0 Å². The Balaban J connectivity index is 1.78. The lowest BCUT2D eigenvalue weighted by molar-refractivity contribution is -0.0911. The van der Waals surface area contributed by atoms with E-state index in [0.29, 0.717) is 17.1 Å². The maximum atomic E-state index is 5.94. The van der Waals surface area contributed by atoms with Crippen LogP contribution in [0.25, 0.3) is 0 Å². The van der Waals surface area contributed by atoms with Gasteiger partial charge in [0.2, 0.25) is 0 Å². The molecule has 2 aliphatic rings. The number of thiocarbonyl (C=S) groups is 1. The Kier molecular flexibility index (Phi) is 4.34. The molecule has 2 unspecified atom stereocenters. The van der Waals surface area contributed by atoms with Crippen LogP contribution in [0, 0.1) is 0 Å². The molecule has 20 heavy (non-hydrogen) atoms. The van der Waals surface area contributed by atoms with E-state index in [1.165, 1.54) is 31.2 Å². The number of hydrogen-bond acceptors (Lipinski definition) is 3. The Morgan fingerprint density at radius 2 is 2.10 bits per heavy atom. The Hall–Kier alpha value is -0.970. The van der Waals surface area contributed by atoms with E-state index in [9.17, 15) is 0 Å². The average Bonchev–Trinajstić information content (AvgIpc) is 2.48. The van der Waals surface area contributed by atoms with E-state index >= 15 is 0 Å². The zero-order chi connectivity index (χ0) is 13.9. The molecule has 1 aromatic rings. The van der Waals surface area contributed by atoms with Crippen molar-refractivity contribution >= 4 is 17.2 Å². The Morgan fingerprint density at radius 3 is 2.95 bits per heavy atom. The van der Waals surface area contributed by atoms with Crippen LogP contribution >= 0.6 is 12.2 Å². The number of benzene rings is 1. The summed E-state index contributed by atoms with van der Waals surface area (Å²) in [4.78, 5) is 3.05. The molecule has 2 fully saturated rings. The third-order valence-corrected chi connectivity index (χ3v) is 4.72. The van der Waals surface area contributed by atoms with E-state index in [2.05, 4.69) is 17.0 Å².